The second-order valence-corrected chi connectivity index (χ2v) is 8.01. The molecule has 0 N–H and O–H groups in total. The lowest BCUT2D eigenvalue weighted by atomic mass is 10.2. The molecule has 0 fully saturated rings. The Morgan fingerprint density at radius 2 is 1.77 bits per heavy atom. The maximum atomic E-state index is 12.4. The number of hydrogen-bond acceptors (Lipinski definition) is 4. The zero-order valence-electron chi connectivity index (χ0n) is 14.8. The van der Waals surface area contributed by atoms with Crippen molar-refractivity contribution in [3.8, 4) is 5.75 Å². The molecule has 1 amide bonds. The van der Waals surface area contributed by atoms with Crippen LogP contribution >= 0.6 is 11.6 Å². The van der Waals surface area contributed by atoms with E-state index in [1.165, 1.54) is 18.1 Å². The van der Waals surface area contributed by atoms with E-state index in [0.717, 1.165) is 16.2 Å². The maximum absolute atomic E-state index is 12.4. The van der Waals surface area contributed by atoms with Gasteiger partial charge in [0.25, 0.3) is 0 Å². The average molecular weight is 397 g/mol. The topological polar surface area (TPSA) is 66.9 Å². The number of anilines is 2. The molecule has 2 rings (SSSR count). The molecule has 0 aliphatic rings. The molecule has 2 aromatic rings. The normalized spacial score (nSPS) is 11.1. The number of carbonyl (C=O) groups is 1. The van der Waals surface area contributed by atoms with Gasteiger partial charge in [0.2, 0.25) is 15.9 Å². The Morgan fingerprint density at radius 3 is 2.31 bits per heavy atom. The predicted molar refractivity (Wildman–Crippen MR) is 105 cm³/mol. The predicted octanol–water partition coefficient (Wildman–Crippen LogP) is 3.17. The number of carbonyl (C=O) groups excluding carboxylic acids is 1. The van der Waals surface area contributed by atoms with Gasteiger partial charge in [-0.15, -0.1) is 0 Å². The van der Waals surface area contributed by atoms with Crippen molar-refractivity contribution >= 4 is 38.9 Å². The van der Waals surface area contributed by atoms with Gasteiger partial charge < -0.3 is 9.64 Å². The van der Waals surface area contributed by atoms with Crippen LogP contribution in [0, 0.1) is 0 Å². The summed E-state index contributed by atoms with van der Waals surface area (Å²) >= 11 is 6.10. The minimum atomic E-state index is -3.58. The van der Waals surface area contributed by atoms with E-state index in [0.29, 0.717) is 16.5 Å². The van der Waals surface area contributed by atoms with Gasteiger partial charge in [0.1, 0.15) is 5.75 Å². The van der Waals surface area contributed by atoms with E-state index in [4.69, 9.17) is 16.3 Å². The Labute approximate surface area is 159 Å². The summed E-state index contributed by atoms with van der Waals surface area (Å²) in [5.74, 6) is 0.258. The second kappa shape index (κ2) is 8.42. The van der Waals surface area contributed by atoms with Crippen molar-refractivity contribution in [1.82, 2.24) is 0 Å². The third kappa shape index (κ3) is 4.89. The van der Waals surface area contributed by atoms with Crippen molar-refractivity contribution in [1.29, 1.82) is 0 Å². The first-order chi connectivity index (χ1) is 12.2. The molecule has 0 atom stereocenters. The number of para-hydroxylation sites is 1. The lowest BCUT2D eigenvalue weighted by molar-refractivity contribution is -0.118. The Balaban J connectivity index is 2.17. The first kappa shape index (κ1) is 20.1. The number of benzene rings is 2. The van der Waals surface area contributed by atoms with Crippen molar-refractivity contribution in [3.05, 3.63) is 53.6 Å². The number of rotatable bonds is 7. The number of amides is 1. The van der Waals surface area contributed by atoms with Crippen LogP contribution in [0.5, 0.6) is 5.75 Å². The molecule has 0 aromatic heterocycles. The van der Waals surface area contributed by atoms with E-state index < -0.39 is 10.0 Å². The molecule has 0 saturated carbocycles. The minimum absolute atomic E-state index is 0.0114. The Morgan fingerprint density at radius 1 is 1.12 bits per heavy atom. The van der Waals surface area contributed by atoms with Gasteiger partial charge >= 0.3 is 0 Å². The molecule has 0 bridgehead atoms. The lowest BCUT2D eigenvalue weighted by Gasteiger charge is -2.24. The summed E-state index contributed by atoms with van der Waals surface area (Å²) in [5, 5.41) is 0.298. The van der Waals surface area contributed by atoms with E-state index in [1.807, 2.05) is 30.3 Å². The van der Waals surface area contributed by atoms with Crippen LogP contribution in [-0.4, -0.2) is 41.3 Å². The van der Waals surface area contributed by atoms with Gasteiger partial charge in [-0.25, -0.2) is 8.42 Å². The van der Waals surface area contributed by atoms with E-state index in [9.17, 15) is 13.2 Å². The summed E-state index contributed by atoms with van der Waals surface area (Å²) in [7, 11) is -0.438. The van der Waals surface area contributed by atoms with Crippen molar-refractivity contribution in [2.45, 2.75) is 6.42 Å². The summed E-state index contributed by atoms with van der Waals surface area (Å²) in [6, 6.07) is 13.9. The first-order valence-corrected chi connectivity index (χ1v) is 10.1. The molecule has 0 unspecified atom stereocenters. The van der Waals surface area contributed by atoms with Crippen LogP contribution in [-0.2, 0) is 14.8 Å². The van der Waals surface area contributed by atoms with Crippen molar-refractivity contribution in [2.24, 2.45) is 0 Å². The van der Waals surface area contributed by atoms with Gasteiger partial charge in [-0.2, -0.15) is 0 Å². The lowest BCUT2D eigenvalue weighted by Crippen LogP contribution is -2.35. The smallest absolute Gasteiger partial charge is 0.232 e. The second-order valence-electron chi connectivity index (χ2n) is 5.69. The molecule has 0 aliphatic heterocycles. The van der Waals surface area contributed by atoms with Crippen LogP contribution in [0.25, 0.3) is 0 Å². The molecule has 0 radical (unpaired) electrons. The molecule has 140 valence electrons. The van der Waals surface area contributed by atoms with E-state index in [2.05, 4.69) is 0 Å². The van der Waals surface area contributed by atoms with Crippen LogP contribution in [0.2, 0.25) is 5.02 Å². The summed E-state index contributed by atoms with van der Waals surface area (Å²) in [5.41, 5.74) is 1.13. The Bertz CT molecular complexity index is 872. The molecule has 0 spiro atoms. The summed E-state index contributed by atoms with van der Waals surface area (Å²) in [4.78, 5) is 13.9. The molecule has 0 aliphatic carbocycles. The molecule has 0 saturated heterocycles. The highest BCUT2D eigenvalue weighted by atomic mass is 35.5. The molecule has 0 heterocycles. The van der Waals surface area contributed by atoms with Gasteiger partial charge in [0.05, 0.1) is 24.1 Å². The van der Waals surface area contributed by atoms with Gasteiger partial charge in [-0.05, 0) is 30.3 Å². The monoisotopic (exact) mass is 396 g/mol. The summed E-state index contributed by atoms with van der Waals surface area (Å²) in [6.45, 7) is 0.0114. The van der Waals surface area contributed by atoms with Crippen molar-refractivity contribution in [3.63, 3.8) is 0 Å². The number of halogens is 1. The van der Waals surface area contributed by atoms with Gasteiger partial charge in [-0.1, -0.05) is 29.8 Å². The number of sulfonamides is 1. The molecule has 2 aromatic carbocycles. The van der Waals surface area contributed by atoms with Gasteiger partial charge in [0, 0.05) is 25.7 Å². The van der Waals surface area contributed by atoms with E-state index in [1.54, 1.807) is 19.2 Å². The number of ether oxygens (including phenoxy) is 1. The van der Waals surface area contributed by atoms with Crippen LogP contribution in [0.1, 0.15) is 6.42 Å². The Kier molecular flexibility index (Phi) is 6.50. The standard InChI is InChI=1S/C18H21ClN2O4S/c1-20(14-7-5-4-6-8-14)18(22)11-12-21(26(3,23)24)15-9-10-17(25-2)16(19)13-15/h4-10,13H,11-12H2,1-3H3. The average Bonchev–Trinajstić information content (AvgIpc) is 2.61. The highest BCUT2D eigenvalue weighted by Gasteiger charge is 2.21. The SMILES string of the molecule is COc1ccc(N(CCC(=O)N(C)c2ccccc2)S(C)(=O)=O)cc1Cl. The minimum Gasteiger partial charge on any atom is -0.495 e. The molecule has 8 heteroatoms. The van der Waals surface area contributed by atoms with Gasteiger partial charge in [0.15, 0.2) is 0 Å². The Hall–Kier alpha value is -2.25. The highest BCUT2D eigenvalue weighted by Crippen LogP contribution is 2.30. The zero-order valence-corrected chi connectivity index (χ0v) is 16.4. The fourth-order valence-electron chi connectivity index (χ4n) is 2.46. The fourth-order valence-corrected chi connectivity index (χ4v) is 3.63. The number of methoxy groups -OCH3 is 1. The summed E-state index contributed by atoms with van der Waals surface area (Å²) in [6.07, 6.45) is 1.12. The fraction of sp³-hybridized carbons (Fsp3) is 0.278. The van der Waals surface area contributed by atoms with Crippen molar-refractivity contribution < 1.29 is 17.9 Å². The van der Waals surface area contributed by atoms with E-state index in [-0.39, 0.29) is 18.9 Å². The number of hydrogen-bond donors (Lipinski definition) is 0. The van der Waals surface area contributed by atoms with Crippen LogP contribution in [0.4, 0.5) is 11.4 Å². The first-order valence-electron chi connectivity index (χ1n) is 7.87. The largest absolute Gasteiger partial charge is 0.495 e. The van der Waals surface area contributed by atoms with Crippen molar-refractivity contribution in [2.75, 3.05) is 36.2 Å². The molecular weight excluding hydrogens is 376 g/mol. The summed E-state index contributed by atoms with van der Waals surface area (Å²) < 4.78 is 30.6. The molecular formula is C18H21ClN2O4S. The van der Waals surface area contributed by atoms with E-state index >= 15 is 0 Å². The highest BCUT2D eigenvalue weighted by molar-refractivity contribution is 7.92. The third-order valence-corrected chi connectivity index (χ3v) is 5.36. The third-order valence-electron chi connectivity index (χ3n) is 3.87. The zero-order chi connectivity index (χ0) is 19.3. The van der Waals surface area contributed by atoms with Crippen LogP contribution < -0.4 is 13.9 Å². The number of nitrogens with zero attached hydrogens (tertiary/aromatic N) is 2. The molecule has 26 heavy (non-hydrogen) atoms. The van der Waals surface area contributed by atoms with Crippen LogP contribution in [0.15, 0.2) is 48.5 Å². The molecule has 6 nitrogen and oxygen atoms in total. The quantitative estimate of drug-likeness (QED) is 0.721. The van der Waals surface area contributed by atoms with Crippen LogP contribution in [0.3, 0.4) is 0 Å². The van der Waals surface area contributed by atoms with Gasteiger partial charge in [-0.3, -0.25) is 9.10 Å². The maximum Gasteiger partial charge on any atom is 0.232 e.